The Kier molecular flexibility index (Phi) is 6.75. The molecule has 3 amide bonds. The third-order valence-corrected chi connectivity index (χ3v) is 5.50. The predicted molar refractivity (Wildman–Crippen MR) is 128 cm³/mol. The molecular formula is C27H26N2O5. The molecule has 0 bridgehead atoms. The molecule has 4 rings (SSSR count). The summed E-state index contributed by atoms with van der Waals surface area (Å²) in [5.41, 5.74) is 3.29. The third-order valence-electron chi connectivity index (χ3n) is 5.50. The Labute approximate surface area is 198 Å². The smallest absolute Gasteiger partial charge is 0.261 e. The second kappa shape index (κ2) is 9.89. The summed E-state index contributed by atoms with van der Waals surface area (Å²) in [6.45, 7) is 4.43. The Bertz CT molecular complexity index is 1220. The van der Waals surface area contributed by atoms with E-state index in [9.17, 15) is 14.4 Å². The summed E-state index contributed by atoms with van der Waals surface area (Å²) in [5.74, 6) is -0.656. The summed E-state index contributed by atoms with van der Waals surface area (Å²) in [7, 11) is 1.49. The van der Waals surface area contributed by atoms with E-state index in [-0.39, 0.29) is 30.4 Å². The molecule has 0 saturated carbocycles. The number of fused-ring (bicyclic) bond motifs is 1. The van der Waals surface area contributed by atoms with Crippen LogP contribution < -0.4 is 10.1 Å². The lowest BCUT2D eigenvalue weighted by Gasteiger charge is -2.16. The van der Waals surface area contributed by atoms with Crippen LogP contribution in [0.3, 0.4) is 0 Å². The van der Waals surface area contributed by atoms with E-state index in [1.807, 2.05) is 32.0 Å². The maximum absolute atomic E-state index is 13.1. The lowest BCUT2D eigenvalue weighted by atomic mass is 10.1. The Morgan fingerprint density at radius 3 is 2.26 bits per heavy atom. The fraction of sp³-hybridized carbons (Fsp3) is 0.222. The molecule has 34 heavy (non-hydrogen) atoms. The third kappa shape index (κ3) is 4.84. The summed E-state index contributed by atoms with van der Waals surface area (Å²) in [5, 5.41) is 2.89. The molecule has 1 heterocycles. The van der Waals surface area contributed by atoms with Crippen molar-refractivity contribution in [3.05, 3.63) is 94.5 Å². The van der Waals surface area contributed by atoms with Crippen molar-refractivity contribution in [2.75, 3.05) is 12.4 Å². The molecule has 0 aromatic heterocycles. The summed E-state index contributed by atoms with van der Waals surface area (Å²) in [6, 6.07) is 19.2. The zero-order valence-electron chi connectivity index (χ0n) is 19.3. The van der Waals surface area contributed by atoms with Crippen molar-refractivity contribution in [1.82, 2.24) is 4.90 Å². The van der Waals surface area contributed by atoms with Crippen LogP contribution in [0.1, 0.15) is 56.0 Å². The first kappa shape index (κ1) is 23.2. The number of nitrogens with zero attached hydrogens (tertiary/aromatic N) is 1. The van der Waals surface area contributed by atoms with E-state index in [0.29, 0.717) is 40.3 Å². The molecule has 1 aliphatic rings. The van der Waals surface area contributed by atoms with Crippen LogP contribution in [-0.2, 0) is 17.9 Å². The van der Waals surface area contributed by atoms with Gasteiger partial charge in [-0.15, -0.1) is 0 Å². The van der Waals surface area contributed by atoms with E-state index in [0.717, 1.165) is 5.56 Å². The molecule has 174 valence electrons. The van der Waals surface area contributed by atoms with Gasteiger partial charge in [-0.25, -0.2) is 0 Å². The van der Waals surface area contributed by atoms with Crippen molar-refractivity contribution in [3.8, 4) is 5.75 Å². The minimum atomic E-state index is -0.358. The number of anilines is 1. The molecule has 3 aromatic rings. The van der Waals surface area contributed by atoms with Crippen molar-refractivity contribution in [3.63, 3.8) is 0 Å². The summed E-state index contributed by atoms with van der Waals surface area (Å²) >= 11 is 0. The molecular weight excluding hydrogens is 432 g/mol. The molecule has 0 saturated heterocycles. The highest BCUT2D eigenvalue weighted by Gasteiger charge is 2.35. The quantitative estimate of drug-likeness (QED) is 0.496. The van der Waals surface area contributed by atoms with Gasteiger partial charge in [-0.1, -0.05) is 30.3 Å². The van der Waals surface area contributed by atoms with Gasteiger partial charge in [0.15, 0.2) is 0 Å². The number of carbonyl (C=O) groups is 3. The van der Waals surface area contributed by atoms with Gasteiger partial charge in [-0.2, -0.15) is 0 Å². The van der Waals surface area contributed by atoms with E-state index < -0.39 is 0 Å². The van der Waals surface area contributed by atoms with Gasteiger partial charge in [0.2, 0.25) is 0 Å². The van der Waals surface area contributed by atoms with E-state index in [1.165, 1.54) is 12.0 Å². The number of methoxy groups -OCH3 is 1. The minimum Gasteiger partial charge on any atom is -0.496 e. The van der Waals surface area contributed by atoms with Crippen LogP contribution in [0.25, 0.3) is 0 Å². The molecule has 0 aliphatic carbocycles. The standard InChI is InChI=1S/C27H26N2O5/c1-17(2)34-16-19-7-6-8-20(13-19)28-25(30)23-14-18(11-12-24(23)33-3)15-29-26(31)21-9-4-5-10-22(21)27(29)32/h4-14,17H,15-16H2,1-3H3,(H,28,30). The van der Waals surface area contributed by atoms with Crippen LogP contribution in [-0.4, -0.2) is 35.8 Å². The van der Waals surface area contributed by atoms with Crippen LogP contribution in [0.2, 0.25) is 0 Å². The minimum absolute atomic E-state index is 0.0542. The number of benzene rings is 3. The van der Waals surface area contributed by atoms with Gasteiger partial charge in [0, 0.05) is 5.69 Å². The second-order valence-electron chi connectivity index (χ2n) is 8.29. The molecule has 7 nitrogen and oxygen atoms in total. The van der Waals surface area contributed by atoms with Crippen molar-refractivity contribution < 1.29 is 23.9 Å². The zero-order valence-corrected chi connectivity index (χ0v) is 19.3. The van der Waals surface area contributed by atoms with Crippen LogP contribution in [0.15, 0.2) is 66.7 Å². The highest BCUT2D eigenvalue weighted by Crippen LogP contribution is 2.27. The number of nitrogens with one attached hydrogen (secondary N) is 1. The van der Waals surface area contributed by atoms with Gasteiger partial charge >= 0.3 is 0 Å². The van der Waals surface area contributed by atoms with Crippen LogP contribution >= 0.6 is 0 Å². The largest absolute Gasteiger partial charge is 0.496 e. The van der Waals surface area contributed by atoms with Crippen molar-refractivity contribution in [2.45, 2.75) is 33.1 Å². The highest BCUT2D eigenvalue weighted by atomic mass is 16.5. The van der Waals surface area contributed by atoms with Crippen LogP contribution in [0.4, 0.5) is 5.69 Å². The Balaban J connectivity index is 1.53. The maximum Gasteiger partial charge on any atom is 0.261 e. The first-order chi connectivity index (χ1) is 16.4. The summed E-state index contributed by atoms with van der Waals surface area (Å²) in [4.78, 5) is 39.7. The predicted octanol–water partition coefficient (Wildman–Crippen LogP) is 4.67. The number of rotatable bonds is 8. The SMILES string of the molecule is COc1ccc(CN2C(=O)c3ccccc3C2=O)cc1C(=O)Nc1cccc(COC(C)C)c1. The van der Waals surface area contributed by atoms with Gasteiger partial charge in [-0.3, -0.25) is 19.3 Å². The molecule has 0 unspecified atom stereocenters. The van der Waals surface area contributed by atoms with Crippen molar-refractivity contribution in [2.24, 2.45) is 0 Å². The maximum atomic E-state index is 13.1. The molecule has 3 aromatic carbocycles. The average molecular weight is 459 g/mol. The van der Waals surface area contributed by atoms with Gasteiger partial charge in [0.1, 0.15) is 5.75 Å². The fourth-order valence-electron chi connectivity index (χ4n) is 3.80. The summed E-state index contributed by atoms with van der Waals surface area (Å²) in [6.07, 6.45) is 0.104. The first-order valence-corrected chi connectivity index (χ1v) is 11.0. The monoisotopic (exact) mass is 458 g/mol. The number of imide groups is 1. The van der Waals surface area contributed by atoms with E-state index in [1.54, 1.807) is 48.5 Å². The van der Waals surface area contributed by atoms with Crippen LogP contribution in [0, 0.1) is 0 Å². The van der Waals surface area contributed by atoms with Crippen LogP contribution in [0.5, 0.6) is 5.75 Å². The fourth-order valence-corrected chi connectivity index (χ4v) is 3.80. The molecule has 1 N–H and O–H groups in total. The van der Waals surface area contributed by atoms with Gasteiger partial charge in [0.05, 0.1) is 43.1 Å². The second-order valence-corrected chi connectivity index (χ2v) is 8.29. The zero-order chi connectivity index (χ0) is 24.2. The van der Waals surface area contributed by atoms with E-state index in [2.05, 4.69) is 5.32 Å². The Hall–Kier alpha value is -3.97. The van der Waals surface area contributed by atoms with Crippen molar-refractivity contribution in [1.29, 1.82) is 0 Å². The number of hydrogen-bond acceptors (Lipinski definition) is 5. The normalized spacial score (nSPS) is 12.8. The molecule has 7 heteroatoms. The van der Waals surface area contributed by atoms with E-state index in [4.69, 9.17) is 9.47 Å². The number of hydrogen-bond donors (Lipinski definition) is 1. The topological polar surface area (TPSA) is 84.9 Å². The van der Waals surface area contributed by atoms with Gasteiger partial charge in [-0.05, 0) is 61.4 Å². The van der Waals surface area contributed by atoms with Crippen molar-refractivity contribution >= 4 is 23.4 Å². The average Bonchev–Trinajstić information content (AvgIpc) is 3.08. The lowest BCUT2D eigenvalue weighted by molar-refractivity contribution is 0.0641. The number of ether oxygens (including phenoxy) is 2. The lowest BCUT2D eigenvalue weighted by Crippen LogP contribution is -2.29. The van der Waals surface area contributed by atoms with E-state index >= 15 is 0 Å². The highest BCUT2D eigenvalue weighted by molar-refractivity contribution is 6.21. The molecule has 0 radical (unpaired) electrons. The molecule has 0 atom stereocenters. The first-order valence-electron chi connectivity index (χ1n) is 11.0. The summed E-state index contributed by atoms with van der Waals surface area (Å²) < 4.78 is 11.0. The number of carbonyl (C=O) groups excluding carboxylic acids is 3. The molecule has 1 aliphatic heterocycles. The molecule has 0 spiro atoms. The Morgan fingerprint density at radius 1 is 0.912 bits per heavy atom. The number of amides is 3. The Morgan fingerprint density at radius 2 is 1.62 bits per heavy atom. The molecule has 0 fully saturated rings. The van der Waals surface area contributed by atoms with Gasteiger partial charge < -0.3 is 14.8 Å². The van der Waals surface area contributed by atoms with Gasteiger partial charge in [0.25, 0.3) is 17.7 Å².